The lowest BCUT2D eigenvalue weighted by Gasteiger charge is -2.12. The zero-order chi connectivity index (χ0) is 15.8. The molecule has 0 atom stereocenters. The van der Waals surface area contributed by atoms with E-state index in [0.29, 0.717) is 12.4 Å². The van der Waals surface area contributed by atoms with E-state index in [1.54, 1.807) is 13.2 Å². The van der Waals surface area contributed by atoms with Crippen molar-refractivity contribution in [3.63, 3.8) is 0 Å². The highest BCUT2D eigenvalue weighted by atomic mass is 19.1. The largest absolute Gasteiger partial charge is 0.493 e. The first-order valence-electron chi connectivity index (χ1n) is 7.77. The molecule has 0 fully saturated rings. The highest BCUT2D eigenvalue weighted by Gasteiger charge is 2.06. The summed E-state index contributed by atoms with van der Waals surface area (Å²) in [6.45, 7) is 2.52. The highest BCUT2D eigenvalue weighted by molar-refractivity contribution is 5.43. The number of unbranched alkanes of at least 4 members (excludes halogenated alkanes) is 2. The van der Waals surface area contributed by atoms with Crippen LogP contribution in [0.3, 0.4) is 0 Å². The van der Waals surface area contributed by atoms with Crippen LogP contribution in [0.5, 0.6) is 11.5 Å². The van der Waals surface area contributed by atoms with E-state index in [2.05, 4.69) is 13.0 Å². The molecule has 3 heteroatoms. The molecule has 0 heterocycles. The van der Waals surface area contributed by atoms with Gasteiger partial charge >= 0.3 is 0 Å². The molecule has 0 aliphatic rings. The lowest BCUT2D eigenvalue weighted by Crippen LogP contribution is -1.99. The van der Waals surface area contributed by atoms with Gasteiger partial charge in [0, 0.05) is 0 Å². The van der Waals surface area contributed by atoms with E-state index in [0.717, 1.165) is 17.7 Å². The third-order valence-electron chi connectivity index (χ3n) is 3.58. The van der Waals surface area contributed by atoms with Crippen molar-refractivity contribution in [1.82, 2.24) is 0 Å². The minimum Gasteiger partial charge on any atom is -0.493 e. The van der Waals surface area contributed by atoms with Gasteiger partial charge in [0.25, 0.3) is 0 Å². The maximum Gasteiger partial charge on any atom is 0.161 e. The van der Waals surface area contributed by atoms with Gasteiger partial charge in [0.15, 0.2) is 11.5 Å². The predicted molar refractivity (Wildman–Crippen MR) is 87.0 cm³/mol. The molecule has 0 amide bonds. The average Bonchev–Trinajstić information content (AvgIpc) is 2.53. The first-order chi connectivity index (χ1) is 10.7. The fraction of sp³-hybridized carbons (Fsp3) is 0.368. The summed E-state index contributed by atoms with van der Waals surface area (Å²) < 4.78 is 24.3. The second-order valence-corrected chi connectivity index (χ2v) is 5.36. The van der Waals surface area contributed by atoms with Gasteiger partial charge in [-0.1, -0.05) is 38.0 Å². The highest BCUT2D eigenvalue weighted by Crippen LogP contribution is 2.29. The molecule has 0 aliphatic carbocycles. The van der Waals surface area contributed by atoms with E-state index in [4.69, 9.17) is 9.47 Å². The Hall–Kier alpha value is -2.03. The Balaban J connectivity index is 2.01. The molecule has 0 bridgehead atoms. The zero-order valence-electron chi connectivity index (χ0n) is 13.3. The number of ether oxygens (including phenoxy) is 2. The Bertz CT molecular complexity index is 596. The molecular formula is C19H23FO2. The molecule has 0 saturated heterocycles. The Morgan fingerprint density at radius 3 is 2.55 bits per heavy atom. The van der Waals surface area contributed by atoms with Gasteiger partial charge in [-0.2, -0.15) is 0 Å². The topological polar surface area (TPSA) is 18.5 Å². The Labute approximate surface area is 131 Å². The summed E-state index contributed by atoms with van der Waals surface area (Å²) in [5, 5.41) is 0. The number of hydrogen-bond acceptors (Lipinski definition) is 2. The first kappa shape index (κ1) is 16.3. The van der Waals surface area contributed by atoms with Crippen LogP contribution < -0.4 is 9.47 Å². The molecule has 22 heavy (non-hydrogen) atoms. The van der Waals surface area contributed by atoms with Gasteiger partial charge in [0.2, 0.25) is 0 Å². The van der Waals surface area contributed by atoms with Crippen LogP contribution in [0, 0.1) is 5.82 Å². The van der Waals surface area contributed by atoms with Crippen LogP contribution in [0.25, 0.3) is 0 Å². The van der Waals surface area contributed by atoms with Crippen molar-refractivity contribution < 1.29 is 13.9 Å². The van der Waals surface area contributed by atoms with Crippen molar-refractivity contribution in [1.29, 1.82) is 0 Å². The van der Waals surface area contributed by atoms with Crippen molar-refractivity contribution in [2.24, 2.45) is 0 Å². The molecular weight excluding hydrogens is 279 g/mol. The van der Waals surface area contributed by atoms with Crippen molar-refractivity contribution >= 4 is 0 Å². The van der Waals surface area contributed by atoms with Crippen molar-refractivity contribution in [2.75, 3.05) is 7.11 Å². The van der Waals surface area contributed by atoms with Crippen LogP contribution >= 0.6 is 0 Å². The Morgan fingerprint density at radius 1 is 0.955 bits per heavy atom. The van der Waals surface area contributed by atoms with E-state index in [9.17, 15) is 4.39 Å². The number of halogens is 1. The first-order valence-corrected chi connectivity index (χ1v) is 7.77. The summed E-state index contributed by atoms with van der Waals surface area (Å²) in [5.41, 5.74) is 2.05. The van der Waals surface area contributed by atoms with Gasteiger partial charge in [-0.15, -0.1) is 0 Å². The molecule has 0 N–H and O–H groups in total. The van der Waals surface area contributed by atoms with Crippen molar-refractivity contribution in [3.8, 4) is 11.5 Å². The van der Waals surface area contributed by atoms with Gasteiger partial charge in [-0.25, -0.2) is 4.39 Å². The van der Waals surface area contributed by atoms with E-state index in [-0.39, 0.29) is 5.82 Å². The van der Waals surface area contributed by atoms with Gasteiger partial charge in [-0.3, -0.25) is 0 Å². The monoisotopic (exact) mass is 302 g/mol. The third-order valence-corrected chi connectivity index (χ3v) is 3.58. The number of benzene rings is 2. The van der Waals surface area contributed by atoms with Gasteiger partial charge in [0.1, 0.15) is 12.4 Å². The minimum atomic E-state index is -0.251. The third kappa shape index (κ3) is 4.76. The summed E-state index contributed by atoms with van der Waals surface area (Å²) in [6, 6.07) is 12.5. The molecule has 0 radical (unpaired) electrons. The Morgan fingerprint density at radius 2 is 1.82 bits per heavy atom. The maximum absolute atomic E-state index is 13.2. The molecule has 2 rings (SSSR count). The molecule has 0 aliphatic heterocycles. The molecule has 0 saturated carbocycles. The van der Waals surface area contributed by atoms with Crippen molar-refractivity contribution in [3.05, 3.63) is 59.4 Å². The van der Waals surface area contributed by atoms with E-state index in [1.165, 1.54) is 37.0 Å². The lowest BCUT2D eigenvalue weighted by molar-refractivity contribution is 0.284. The normalized spacial score (nSPS) is 10.5. The standard InChI is InChI=1S/C19H23FO2/c1-3-4-5-7-15-10-11-18(19(13-15)21-2)22-14-16-8-6-9-17(20)12-16/h6,8-13H,3-5,7,14H2,1-2H3. The number of aryl methyl sites for hydroxylation is 1. The maximum atomic E-state index is 13.2. The van der Waals surface area contributed by atoms with E-state index in [1.807, 2.05) is 18.2 Å². The van der Waals surface area contributed by atoms with Crippen LogP contribution in [-0.2, 0) is 13.0 Å². The van der Waals surface area contributed by atoms with Crippen LogP contribution in [0.4, 0.5) is 4.39 Å². The second-order valence-electron chi connectivity index (χ2n) is 5.36. The molecule has 2 nitrogen and oxygen atoms in total. The summed E-state index contributed by atoms with van der Waals surface area (Å²) >= 11 is 0. The van der Waals surface area contributed by atoms with E-state index >= 15 is 0 Å². The fourth-order valence-electron chi connectivity index (χ4n) is 2.35. The summed E-state index contributed by atoms with van der Waals surface area (Å²) in [6.07, 6.45) is 4.68. The second kappa shape index (κ2) is 8.42. The van der Waals surface area contributed by atoms with Gasteiger partial charge in [0.05, 0.1) is 7.11 Å². The predicted octanol–water partition coefficient (Wildman–Crippen LogP) is 5.15. The average molecular weight is 302 g/mol. The fourth-order valence-corrected chi connectivity index (χ4v) is 2.35. The Kier molecular flexibility index (Phi) is 6.26. The van der Waals surface area contributed by atoms with E-state index < -0.39 is 0 Å². The van der Waals surface area contributed by atoms with Crippen LogP contribution in [0.2, 0.25) is 0 Å². The van der Waals surface area contributed by atoms with Gasteiger partial charge in [-0.05, 0) is 48.2 Å². The number of hydrogen-bond donors (Lipinski definition) is 0. The number of rotatable bonds is 8. The molecule has 118 valence electrons. The number of methoxy groups -OCH3 is 1. The van der Waals surface area contributed by atoms with Crippen LogP contribution in [0.1, 0.15) is 37.3 Å². The molecule has 0 spiro atoms. The molecule has 0 aromatic heterocycles. The summed E-state index contributed by atoms with van der Waals surface area (Å²) in [5.74, 6) is 1.16. The quantitative estimate of drug-likeness (QED) is 0.628. The summed E-state index contributed by atoms with van der Waals surface area (Å²) in [7, 11) is 1.64. The van der Waals surface area contributed by atoms with Crippen LogP contribution in [0.15, 0.2) is 42.5 Å². The zero-order valence-corrected chi connectivity index (χ0v) is 13.3. The van der Waals surface area contributed by atoms with Crippen LogP contribution in [-0.4, -0.2) is 7.11 Å². The molecule has 2 aromatic carbocycles. The molecule has 2 aromatic rings. The lowest BCUT2D eigenvalue weighted by atomic mass is 10.1. The minimum absolute atomic E-state index is 0.251. The van der Waals surface area contributed by atoms with Gasteiger partial charge < -0.3 is 9.47 Å². The SMILES string of the molecule is CCCCCc1ccc(OCc2cccc(F)c2)c(OC)c1. The van der Waals surface area contributed by atoms with Crippen molar-refractivity contribution in [2.45, 2.75) is 39.2 Å². The smallest absolute Gasteiger partial charge is 0.161 e. The molecule has 0 unspecified atom stereocenters. The summed E-state index contributed by atoms with van der Waals surface area (Å²) in [4.78, 5) is 0.